The number of amides is 1. The number of nitro benzene ring substituents is 1. The second-order valence-electron chi connectivity index (χ2n) is 20.7. The molecular formula is C49H60N4O13. The highest BCUT2D eigenvalue weighted by Crippen LogP contribution is 2.68. The molecule has 4 fully saturated rings. The smallest absolute Gasteiger partial charge is 0.355 e. The highest BCUT2D eigenvalue weighted by Gasteiger charge is 2.66. The van der Waals surface area contributed by atoms with E-state index in [1.54, 1.807) is 25.1 Å². The van der Waals surface area contributed by atoms with Crippen LogP contribution in [0.15, 0.2) is 35.1 Å². The average molecular weight is 913 g/mol. The predicted octanol–water partition coefficient (Wildman–Crippen LogP) is 5.27. The SMILES string of the molecule is CC[C@@]1(OC(=O)C(CCC(=O)O)NC(=O)CC[C@@H](C)C2CCC3C4C(O)CC5CC(O)CCC5(C)C4CC(O)C32C)C(=O)OCc2c1cc1n(c2=O)Cc2cc3c([N+](=O)[O-])cccc3nc2-1. The number of benzene rings is 1. The van der Waals surface area contributed by atoms with Gasteiger partial charge in [0.15, 0.2) is 0 Å². The van der Waals surface area contributed by atoms with Gasteiger partial charge < -0.3 is 39.8 Å². The van der Waals surface area contributed by atoms with Crippen molar-refractivity contribution >= 4 is 40.4 Å². The third kappa shape index (κ3) is 7.22. The van der Waals surface area contributed by atoms with Crippen LogP contribution in [-0.4, -0.2) is 83.1 Å². The molecule has 0 bridgehead atoms. The van der Waals surface area contributed by atoms with Crippen LogP contribution in [0.1, 0.15) is 121 Å². The summed E-state index contributed by atoms with van der Waals surface area (Å²) in [5.41, 5.74) is -1.71. The molecule has 66 heavy (non-hydrogen) atoms. The number of esters is 2. The van der Waals surface area contributed by atoms with Crippen molar-refractivity contribution in [2.75, 3.05) is 0 Å². The van der Waals surface area contributed by atoms with E-state index in [-0.39, 0.29) is 89.6 Å². The van der Waals surface area contributed by atoms with Crippen molar-refractivity contribution < 1.29 is 54.0 Å². The van der Waals surface area contributed by atoms with Gasteiger partial charge in [0.05, 0.1) is 57.6 Å². The lowest BCUT2D eigenvalue weighted by atomic mass is 9.43. The molecule has 2 aromatic heterocycles. The lowest BCUT2D eigenvalue weighted by molar-refractivity contribution is -0.383. The number of hydrogen-bond donors (Lipinski definition) is 5. The zero-order valence-electron chi connectivity index (χ0n) is 37.9. The Labute approximate surface area is 381 Å². The second kappa shape index (κ2) is 16.8. The Kier molecular flexibility index (Phi) is 11.7. The molecule has 17 heteroatoms. The van der Waals surface area contributed by atoms with Crippen LogP contribution < -0.4 is 10.9 Å². The first-order valence-electron chi connectivity index (χ1n) is 23.6. The van der Waals surface area contributed by atoms with Gasteiger partial charge in [0.1, 0.15) is 12.6 Å². The van der Waals surface area contributed by atoms with Crippen molar-refractivity contribution in [2.24, 2.45) is 46.3 Å². The maximum Gasteiger partial charge on any atom is 0.355 e. The van der Waals surface area contributed by atoms with Crippen molar-refractivity contribution in [2.45, 2.75) is 148 Å². The Morgan fingerprint density at radius 3 is 2.55 bits per heavy atom. The van der Waals surface area contributed by atoms with E-state index in [4.69, 9.17) is 9.47 Å². The van der Waals surface area contributed by atoms with E-state index in [0.29, 0.717) is 53.5 Å². The van der Waals surface area contributed by atoms with Crippen molar-refractivity contribution in [3.8, 4) is 11.4 Å². The Bertz CT molecular complexity index is 2580. The summed E-state index contributed by atoms with van der Waals surface area (Å²) in [5, 5.41) is 58.6. The largest absolute Gasteiger partial charge is 0.481 e. The summed E-state index contributed by atoms with van der Waals surface area (Å²) in [7, 11) is 0. The standard InChI is InChI=1S/C49H60N4O13/c1-5-49(32-20-37-43-25(22-52(37)44(60)29(32)23-65-46(49)62)17-28-34(51-43)7-6-8-36(28)53(63)64)66-45(61)35(12-14-41(58)59)50-40(57)13-9-24(2)30-10-11-31-42-33(21-39(56)48(30,31)4)47(3)16-15-27(54)18-26(47)19-38(42)55/h6-8,17,20,24,26-27,30-31,33,35,38-39,42,54-56H,5,9-16,18-19,21-23H2,1-4H3,(H,50,57)(H,58,59)/t24-,26?,27?,30?,31?,33?,35?,38?,39?,42?,47?,48?,49+/m1/s1. The van der Waals surface area contributed by atoms with Gasteiger partial charge in [-0.05, 0) is 129 Å². The first kappa shape index (κ1) is 45.9. The van der Waals surface area contributed by atoms with Crippen molar-refractivity contribution in [3.05, 3.63) is 67.5 Å². The molecule has 5 N–H and O–H groups in total. The number of carboxylic acids is 1. The first-order valence-corrected chi connectivity index (χ1v) is 23.6. The molecular weight excluding hydrogens is 853 g/mol. The quantitative estimate of drug-likeness (QED) is 0.0690. The average Bonchev–Trinajstić information content (AvgIpc) is 3.83. The molecule has 9 rings (SSSR count). The number of carboxylic acid groups (broad SMARTS) is 1. The molecule has 354 valence electrons. The molecule has 13 atom stereocenters. The Hall–Kier alpha value is -5.26. The number of aliphatic hydroxyl groups excluding tert-OH is 3. The van der Waals surface area contributed by atoms with Crippen molar-refractivity contribution in [3.63, 3.8) is 0 Å². The van der Waals surface area contributed by atoms with Gasteiger partial charge in [-0.3, -0.25) is 24.5 Å². The van der Waals surface area contributed by atoms with Crippen LogP contribution in [0.5, 0.6) is 0 Å². The number of carbonyl (C=O) groups excluding carboxylic acids is 3. The normalized spacial score (nSPS) is 33.8. The minimum atomic E-state index is -2.14. The van der Waals surface area contributed by atoms with E-state index in [1.165, 1.54) is 16.7 Å². The number of pyridine rings is 2. The third-order valence-electron chi connectivity index (χ3n) is 17.6. The number of ether oxygens (including phenoxy) is 2. The van der Waals surface area contributed by atoms with E-state index < -0.39 is 76.6 Å². The lowest BCUT2D eigenvalue weighted by Gasteiger charge is -2.63. The minimum Gasteiger partial charge on any atom is -0.481 e. The fourth-order valence-electron chi connectivity index (χ4n) is 14.0. The second-order valence-corrected chi connectivity index (χ2v) is 20.7. The molecule has 3 aromatic rings. The molecule has 1 aromatic carbocycles. The van der Waals surface area contributed by atoms with Crippen LogP contribution in [0.3, 0.4) is 0 Å². The van der Waals surface area contributed by atoms with Gasteiger partial charge in [-0.25, -0.2) is 14.6 Å². The van der Waals surface area contributed by atoms with Gasteiger partial charge >= 0.3 is 17.9 Å². The molecule has 6 aliphatic rings. The minimum absolute atomic E-state index is 0.0148. The van der Waals surface area contributed by atoms with Gasteiger partial charge in [0.25, 0.3) is 11.2 Å². The summed E-state index contributed by atoms with van der Waals surface area (Å²) in [6.45, 7) is 7.70. The number of cyclic esters (lactones) is 1. The summed E-state index contributed by atoms with van der Waals surface area (Å²) < 4.78 is 13.0. The van der Waals surface area contributed by atoms with Gasteiger partial charge in [0, 0.05) is 30.0 Å². The maximum absolute atomic E-state index is 14.2. The number of nitrogens with zero attached hydrogens (tertiary/aromatic N) is 3. The van der Waals surface area contributed by atoms with Gasteiger partial charge in [-0.1, -0.05) is 33.8 Å². The number of carbonyl (C=O) groups is 4. The van der Waals surface area contributed by atoms with Crippen molar-refractivity contribution in [1.82, 2.24) is 14.9 Å². The number of nitrogens with one attached hydrogen (secondary N) is 1. The van der Waals surface area contributed by atoms with Crippen molar-refractivity contribution in [1.29, 1.82) is 0 Å². The number of rotatable bonds is 12. The molecule has 0 radical (unpaired) electrons. The molecule has 0 saturated heterocycles. The lowest BCUT2D eigenvalue weighted by Crippen LogP contribution is -2.62. The fraction of sp³-hybridized carbons (Fsp3) is 0.633. The topological polar surface area (TPSA) is 258 Å². The van der Waals surface area contributed by atoms with Gasteiger partial charge in [0.2, 0.25) is 11.5 Å². The van der Waals surface area contributed by atoms with Gasteiger partial charge in [-0.15, -0.1) is 0 Å². The van der Waals surface area contributed by atoms with Gasteiger partial charge in [-0.2, -0.15) is 0 Å². The van der Waals surface area contributed by atoms with E-state index in [0.717, 1.165) is 25.7 Å². The van der Waals surface area contributed by atoms with E-state index in [2.05, 4.69) is 31.1 Å². The number of non-ortho nitro benzene ring substituents is 1. The zero-order chi connectivity index (χ0) is 47.2. The summed E-state index contributed by atoms with van der Waals surface area (Å²) in [6, 6.07) is 6.18. The zero-order valence-corrected chi connectivity index (χ0v) is 37.9. The van der Waals surface area contributed by atoms with Crippen LogP contribution in [0.2, 0.25) is 0 Å². The third-order valence-corrected chi connectivity index (χ3v) is 17.6. The van der Waals surface area contributed by atoms with Crippen LogP contribution in [0.25, 0.3) is 22.3 Å². The van der Waals surface area contributed by atoms with E-state index >= 15 is 0 Å². The number of aromatic nitrogens is 2. The maximum atomic E-state index is 14.2. The predicted molar refractivity (Wildman–Crippen MR) is 236 cm³/mol. The Morgan fingerprint density at radius 2 is 1.82 bits per heavy atom. The fourth-order valence-corrected chi connectivity index (χ4v) is 14.0. The van der Waals surface area contributed by atoms with Crippen LogP contribution in [0.4, 0.5) is 5.69 Å². The molecule has 0 spiro atoms. The molecule has 4 saturated carbocycles. The molecule has 4 aliphatic carbocycles. The Balaban J connectivity index is 0.921. The van der Waals surface area contributed by atoms with Crippen LogP contribution in [0, 0.1) is 56.5 Å². The number of nitro groups is 1. The number of hydrogen-bond acceptors (Lipinski definition) is 13. The highest BCUT2D eigenvalue weighted by atomic mass is 16.6. The number of aliphatic carboxylic acids is 1. The highest BCUT2D eigenvalue weighted by molar-refractivity contribution is 5.92. The van der Waals surface area contributed by atoms with Crippen LogP contribution in [-0.2, 0) is 47.4 Å². The first-order chi connectivity index (χ1) is 31.3. The summed E-state index contributed by atoms with van der Waals surface area (Å²) >= 11 is 0. The number of fused-ring (bicyclic) bond motifs is 10. The molecule has 2 aliphatic heterocycles. The Morgan fingerprint density at radius 1 is 1.05 bits per heavy atom. The number of aliphatic hydroxyl groups is 3. The summed E-state index contributed by atoms with van der Waals surface area (Å²) in [5.74, 6) is -3.26. The van der Waals surface area contributed by atoms with E-state index in [9.17, 15) is 54.5 Å². The monoisotopic (exact) mass is 912 g/mol. The molecule has 1 amide bonds. The van der Waals surface area contributed by atoms with E-state index in [1.807, 2.05) is 0 Å². The molecule has 4 heterocycles. The molecule has 17 nitrogen and oxygen atoms in total. The summed E-state index contributed by atoms with van der Waals surface area (Å²) in [6.07, 6.45) is 3.08. The summed E-state index contributed by atoms with van der Waals surface area (Å²) in [4.78, 5) is 83.7. The molecule has 11 unspecified atom stereocenters. The van der Waals surface area contributed by atoms with Crippen LogP contribution >= 0.6 is 0 Å².